The second kappa shape index (κ2) is 8.68. The van der Waals surface area contributed by atoms with E-state index in [1.807, 2.05) is 41.8 Å². The lowest BCUT2D eigenvalue weighted by Crippen LogP contribution is -2.15. The molecule has 142 valence electrons. The second-order valence-electron chi connectivity index (χ2n) is 5.66. The summed E-state index contributed by atoms with van der Waals surface area (Å²) >= 11 is 2.59. The zero-order valence-corrected chi connectivity index (χ0v) is 16.1. The summed E-state index contributed by atoms with van der Waals surface area (Å²) in [6, 6.07) is 15.3. The molecule has 0 atom stereocenters. The molecule has 3 rings (SSSR count). The van der Waals surface area contributed by atoms with Crippen LogP contribution in [0, 0.1) is 10.1 Å². The van der Waals surface area contributed by atoms with Crippen molar-refractivity contribution in [1.82, 2.24) is 0 Å². The molecule has 3 N–H and O–H groups in total. The number of nitro groups is 1. The van der Waals surface area contributed by atoms with Gasteiger partial charge in [-0.15, -0.1) is 23.1 Å². The zero-order valence-electron chi connectivity index (χ0n) is 14.5. The quantitative estimate of drug-likeness (QED) is 0.343. The van der Waals surface area contributed by atoms with Crippen LogP contribution < -0.4 is 11.1 Å². The number of nitrogens with zero attached hydrogens (tertiary/aromatic N) is 1. The highest BCUT2D eigenvalue weighted by atomic mass is 32.2. The molecule has 7 nitrogen and oxygen atoms in total. The maximum Gasteiger partial charge on any atom is 0.283 e. The molecular formula is C19H15N3O4S2. The fourth-order valence-corrected chi connectivity index (χ4v) is 4.07. The van der Waals surface area contributed by atoms with E-state index in [4.69, 9.17) is 5.73 Å². The molecule has 3 aromatic rings. The number of rotatable bonds is 7. The van der Waals surface area contributed by atoms with Crippen molar-refractivity contribution in [3.63, 3.8) is 0 Å². The number of thiophene rings is 1. The van der Waals surface area contributed by atoms with E-state index in [1.165, 1.54) is 12.1 Å². The fourth-order valence-electron chi connectivity index (χ4n) is 2.50. The number of amides is 2. The average molecular weight is 413 g/mol. The Labute approximate surface area is 168 Å². The van der Waals surface area contributed by atoms with E-state index in [9.17, 15) is 19.7 Å². The van der Waals surface area contributed by atoms with Gasteiger partial charge < -0.3 is 11.1 Å². The number of carbonyl (C=O) groups excluding carboxylic acids is 2. The van der Waals surface area contributed by atoms with Crippen molar-refractivity contribution in [2.45, 2.75) is 4.90 Å². The van der Waals surface area contributed by atoms with E-state index in [0.717, 1.165) is 28.3 Å². The molecule has 28 heavy (non-hydrogen) atoms. The maximum atomic E-state index is 12.4. The molecule has 0 aliphatic carbocycles. The Morgan fingerprint density at radius 1 is 1.14 bits per heavy atom. The lowest BCUT2D eigenvalue weighted by molar-refractivity contribution is -0.387. The average Bonchev–Trinajstić information content (AvgIpc) is 3.21. The first-order chi connectivity index (χ1) is 13.5. The summed E-state index contributed by atoms with van der Waals surface area (Å²) in [6.45, 7) is 0. The molecule has 0 saturated heterocycles. The largest absolute Gasteiger partial charge is 0.366 e. The highest BCUT2D eigenvalue weighted by molar-refractivity contribution is 8.00. The van der Waals surface area contributed by atoms with Crippen molar-refractivity contribution in [3.8, 4) is 10.4 Å². The maximum absolute atomic E-state index is 12.4. The van der Waals surface area contributed by atoms with Gasteiger partial charge in [0.05, 0.1) is 15.6 Å². The summed E-state index contributed by atoms with van der Waals surface area (Å²) in [5, 5.41) is 16.1. The van der Waals surface area contributed by atoms with E-state index in [2.05, 4.69) is 5.32 Å². The van der Waals surface area contributed by atoms with Crippen molar-refractivity contribution in [3.05, 3.63) is 75.7 Å². The van der Waals surface area contributed by atoms with Crippen LogP contribution >= 0.6 is 23.1 Å². The molecule has 2 amide bonds. The third-order valence-electron chi connectivity index (χ3n) is 3.79. The summed E-state index contributed by atoms with van der Waals surface area (Å²) in [4.78, 5) is 35.6. The summed E-state index contributed by atoms with van der Waals surface area (Å²) in [6.07, 6.45) is 0. The first-order valence-electron chi connectivity index (χ1n) is 8.09. The predicted octanol–water partition coefficient (Wildman–Crippen LogP) is 4.15. The van der Waals surface area contributed by atoms with Gasteiger partial charge in [0, 0.05) is 27.8 Å². The van der Waals surface area contributed by atoms with Crippen LogP contribution in [0.25, 0.3) is 10.4 Å². The monoisotopic (exact) mass is 413 g/mol. The topological polar surface area (TPSA) is 115 Å². The molecule has 1 heterocycles. The summed E-state index contributed by atoms with van der Waals surface area (Å²) in [5.41, 5.74) is 6.54. The van der Waals surface area contributed by atoms with Crippen molar-refractivity contribution >= 4 is 46.3 Å². The molecule has 0 radical (unpaired) electrons. The first kappa shape index (κ1) is 19.6. The van der Waals surface area contributed by atoms with E-state index in [0.29, 0.717) is 5.69 Å². The first-order valence-corrected chi connectivity index (χ1v) is 9.96. The van der Waals surface area contributed by atoms with Gasteiger partial charge in [0.15, 0.2) is 0 Å². The Morgan fingerprint density at radius 3 is 2.61 bits per heavy atom. The van der Waals surface area contributed by atoms with E-state index in [1.54, 1.807) is 11.3 Å². The molecule has 0 bridgehead atoms. The predicted molar refractivity (Wildman–Crippen MR) is 111 cm³/mol. The van der Waals surface area contributed by atoms with Gasteiger partial charge >= 0.3 is 0 Å². The van der Waals surface area contributed by atoms with Gasteiger partial charge in [0.2, 0.25) is 11.8 Å². The number of hydrogen-bond acceptors (Lipinski definition) is 6. The van der Waals surface area contributed by atoms with Crippen LogP contribution in [-0.2, 0) is 4.79 Å². The normalized spacial score (nSPS) is 10.4. The number of hydrogen-bond donors (Lipinski definition) is 2. The fraction of sp³-hybridized carbons (Fsp3) is 0.0526. The van der Waals surface area contributed by atoms with Crippen LogP contribution in [0.5, 0.6) is 0 Å². The zero-order chi connectivity index (χ0) is 20.1. The number of nitrogens with one attached hydrogen (secondary N) is 1. The highest BCUT2D eigenvalue weighted by Crippen LogP contribution is 2.33. The van der Waals surface area contributed by atoms with Crippen molar-refractivity contribution in [1.29, 1.82) is 0 Å². The Balaban J connectivity index is 1.72. The van der Waals surface area contributed by atoms with Crippen LogP contribution in [0.15, 0.2) is 64.9 Å². The standard InChI is InChI=1S/C19H15N3O4S2/c20-19(24)12-7-8-17(15(10-12)22(25)26)28-11-18(23)21-14-5-2-1-4-13(14)16-6-3-9-27-16/h1-10H,11H2,(H2,20,24)(H,21,23). The minimum atomic E-state index is -0.748. The summed E-state index contributed by atoms with van der Waals surface area (Å²) < 4.78 is 0. The third-order valence-corrected chi connectivity index (χ3v) is 5.75. The molecule has 9 heteroatoms. The Kier molecular flexibility index (Phi) is 6.07. The molecular weight excluding hydrogens is 398 g/mol. The van der Waals surface area contributed by atoms with Gasteiger partial charge in [-0.2, -0.15) is 0 Å². The van der Waals surface area contributed by atoms with Gasteiger partial charge in [-0.3, -0.25) is 19.7 Å². The molecule has 0 spiro atoms. The summed E-state index contributed by atoms with van der Waals surface area (Å²) in [5.74, 6) is -1.06. The van der Waals surface area contributed by atoms with Crippen molar-refractivity contribution in [2.75, 3.05) is 11.1 Å². The number of nitro benzene ring substituents is 1. The van der Waals surface area contributed by atoms with Gasteiger partial charge in [-0.25, -0.2) is 0 Å². The number of nitrogens with two attached hydrogens (primary N) is 1. The molecule has 0 aliphatic heterocycles. The Bertz CT molecular complexity index is 1040. The molecule has 0 fully saturated rings. The second-order valence-corrected chi connectivity index (χ2v) is 7.63. The minimum absolute atomic E-state index is 0.0183. The molecule has 0 unspecified atom stereocenters. The van der Waals surface area contributed by atoms with Gasteiger partial charge in [0.1, 0.15) is 0 Å². The number of carbonyl (C=O) groups is 2. The molecule has 0 aliphatic rings. The lowest BCUT2D eigenvalue weighted by atomic mass is 10.1. The van der Waals surface area contributed by atoms with Crippen LogP contribution in [-0.4, -0.2) is 22.5 Å². The van der Waals surface area contributed by atoms with Gasteiger partial charge in [0.25, 0.3) is 5.69 Å². The molecule has 2 aromatic carbocycles. The minimum Gasteiger partial charge on any atom is -0.366 e. The Morgan fingerprint density at radius 2 is 1.93 bits per heavy atom. The van der Waals surface area contributed by atoms with E-state index < -0.39 is 10.8 Å². The van der Waals surface area contributed by atoms with Crippen molar-refractivity contribution in [2.24, 2.45) is 5.73 Å². The molecule has 1 aromatic heterocycles. The SMILES string of the molecule is NC(=O)c1ccc(SCC(=O)Nc2ccccc2-c2cccs2)c([N+](=O)[O-])c1. The van der Waals surface area contributed by atoms with Crippen molar-refractivity contribution < 1.29 is 14.5 Å². The number of anilines is 1. The number of thioether (sulfide) groups is 1. The molecule has 0 saturated carbocycles. The van der Waals surface area contributed by atoms with Gasteiger partial charge in [-0.05, 0) is 29.6 Å². The van der Waals surface area contributed by atoms with Crippen LogP contribution in [0.3, 0.4) is 0 Å². The lowest BCUT2D eigenvalue weighted by Gasteiger charge is -2.10. The van der Waals surface area contributed by atoms with Gasteiger partial charge in [-0.1, -0.05) is 24.3 Å². The number of primary amides is 1. The van der Waals surface area contributed by atoms with Crippen LogP contribution in [0.4, 0.5) is 11.4 Å². The highest BCUT2D eigenvalue weighted by Gasteiger charge is 2.18. The van der Waals surface area contributed by atoms with E-state index >= 15 is 0 Å². The number of para-hydroxylation sites is 1. The third kappa shape index (κ3) is 4.56. The Hall–Kier alpha value is -3.17. The smallest absolute Gasteiger partial charge is 0.283 e. The summed E-state index contributed by atoms with van der Waals surface area (Å²) in [7, 11) is 0. The number of benzene rings is 2. The van der Waals surface area contributed by atoms with Crippen LogP contribution in [0.2, 0.25) is 0 Å². The van der Waals surface area contributed by atoms with Crippen LogP contribution in [0.1, 0.15) is 10.4 Å². The van der Waals surface area contributed by atoms with E-state index in [-0.39, 0.29) is 27.8 Å².